The molecule has 11 heteroatoms. The van der Waals surface area contributed by atoms with Crippen molar-refractivity contribution in [1.82, 2.24) is 15.3 Å². The van der Waals surface area contributed by atoms with E-state index >= 15 is 4.39 Å². The Morgan fingerprint density at radius 1 is 1.11 bits per heavy atom. The first-order valence-corrected chi connectivity index (χ1v) is 11.8. The number of carbonyl (C=O) groups excluding carboxylic acids is 3. The average Bonchev–Trinajstić information content (AvgIpc) is 3.13. The van der Waals surface area contributed by atoms with Gasteiger partial charge in [0.2, 0.25) is 5.91 Å². The number of amides is 3. The summed E-state index contributed by atoms with van der Waals surface area (Å²) in [5, 5.41) is 5.91. The largest absolute Gasteiger partial charge is 0.444 e. The molecule has 3 amide bonds. The van der Waals surface area contributed by atoms with Gasteiger partial charge in [-0.2, -0.15) is 0 Å². The number of rotatable bonds is 6. The Morgan fingerprint density at radius 3 is 2.58 bits per heavy atom. The van der Waals surface area contributed by atoms with Crippen molar-refractivity contribution in [1.29, 1.82) is 0 Å². The quantitative estimate of drug-likeness (QED) is 0.653. The SMILES string of the molecule is CC(=O)NC[C@H]1CN(c2ccc(N3CCN(C)N(C(=O)OCc4ccccc4)CC3)c(F)c2)C(=O)O1. The summed E-state index contributed by atoms with van der Waals surface area (Å²) < 4.78 is 25.9. The van der Waals surface area contributed by atoms with Crippen molar-refractivity contribution in [2.45, 2.75) is 19.6 Å². The Bertz CT molecular complexity index is 1100. The van der Waals surface area contributed by atoms with Crippen LogP contribution in [0.3, 0.4) is 0 Å². The maximum absolute atomic E-state index is 15.2. The third kappa shape index (κ3) is 6.03. The standard InChI is InChI=1S/C25H30FN5O5/c1-18(32)27-15-21-16-30(24(33)36-21)20-8-9-23(22(26)14-20)29-11-10-28(2)31(13-12-29)25(34)35-17-19-6-4-3-5-7-19/h3-9,14,21H,10-13,15-17H2,1-2H3,(H,27,32)/t21-/m0/s1. The summed E-state index contributed by atoms with van der Waals surface area (Å²) in [6.07, 6.45) is -1.54. The summed E-state index contributed by atoms with van der Waals surface area (Å²) in [4.78, 5) is 39.2. The Balaban J connectivity index is 1.37. The van der Waals surface area contributed by atoms with Crippen LogP contribution in [-0.4, -0.2) is 80.5 Å². The molecule has 1 N–H and O–H groups in total. The third-order valence-corrected chi connectivity index (χ3v) is 6.14. The van der Waals surface area contributed by atoms with Crippen LogP contribution in [0.25, 0.3) is 0 Å². The first kappa shape index (κ1) is 25.2. The molecule has 0 saturated carbocycles. The number of nitrogens with one attached hydrogen (secondary N) is 1. The van der Waals surface area contributed by atoms with E-state index in [2.05, 4.69) is 5.32 Å². The molecule has 2 fully saturated rings. The zero-order valence-electron chi connectivity index (χ0n) is 20.4. The molecular formula is C25H30FN5O5. The number of hydrogen-bond donors (Lipinski definition) is 1. The summed E-state index contributed by atoms with van der Waals surface area (Å²) in [5.74, 6) is -0.695. The number of cyclic esters (lactones) is 1. The molecule has 10 nitrogen and oxygen atoms in total. The predicted octanol–water partition coefficient (Wildman–Crippen LogP) is 2.59. The first-order chi connectivity index (χ1) is 17.3. The molecule has 0 bridgehead atoms. The Kier molecular flexibility index (Phi) is 7.89. The predicted molar refractivity (Wildman–Crippen MR) is 131 cm³/mol. The smallest absolute Gasteiger partial charge is 0.424 e. The van der Waals surface area contributed by atoms with Gasteiger partial charge in [0, 0.05) is 33.6 Å². The van der Waals surface area contributed by atoms with Crippen molar-refractivity contribution in [2.24, 2.45) is 0 Å². The van der Waals surface area contributed by atoms with Crippen LogP contribution in [-0.2, 0) is 20.9 Å². The summed E-state index contributed by atoms with van der Waals surface area (Å²) in [6, 6.07) is 14.0. The van der Waals surface area contributed by atoms with E-state index in [-0.39, 0.29) is 25.6 Å². The van der Waals surface area contributed by atoms with Gasteiger partial charge in [-0.25, -0.2) is 24.0 Å². The number of likely N-dealkylation sites (N-methyl/N-ethyl adjacent to an activating group) is 1. The first-order valence-electron chi connectivity index (χ1n) is 11.8. The summed E-state index contributed by atoms with van der Waals surface area (Å²) in [5.41, 5.74) is 1.66. The zero-order chi connectivity index (χ0) is 25.7. The van der Waals surface area contributed by atoms with E-state index in [0.29, 0.717) is 37.6 Å². The lowest BCUT2D eigenvalue weighted by Crippen LogP contribution is -2.45. The summed E-state index contributed by atoms with van der Waals surface area (Å²) in [6.45, 7) is 3.70. The fourth-order valence-corrected chi connectivity index (χ4v) is 4.17. The fourth-order valence-electron chi connectivity index (χ4n) is 4.17. The molecule has 0 spiro atoms. The summed E-state index contributed by atoms with van der Waals surface area (Å²) in [7, 11) is 1.79. The van der Waals surface area contributed by atoms with E-state index in [1.165, 1.54) is 22.9 Å². The van der Waals surface area contributed by atoms with Crippen LogP contribution in [0.2, 0.25) is 0 Å². The van der Waals surface area contributed by atoms with Crippen LogP contribution >= 0.6 is 0 Å². The molecule has 4 rings (SSSR count). The molecule has 1 atom stereocenters. The maximum atomic E-state index is 15.2. The van der Waals surface area contributed by atoms with E-state index in [9.17, 15) is 14.4 Å². The number of halogens is 1. The molecule has 0 aromatic heterocycles. The second kappa shape index (κ2) is 11.3. The number of benzene rings is 2. The zero-order valence-corrected chi connectivity index (χ0v) is 20.4. The van der Waals surface area contributed by atoms with Crippen LogP contribution in [0.4, 0.5) is 25.4 Å². The Labute approximate surface area is 209 Å². The van der Waals surface area contributed by atoms with Gasteiger partial charge >= 0.3 is 12.2 Å². The molecule has 36 heavy (non-hydrogen) atoms. The topological polar surface area (TPSA) is 94.7 Å². The number of carbonyl (C=O) groups is 3. The molecule has 2 saturated heterocycles. The number of hydrazine groups is 1. The minimum atomic E-state index is -0.585. The Hall–Kier alpha value is -3.86. The lowest BCUT2D eigenvalue weighted by Gasteiger charge is -2.28. The van der Waals surface area contributed by atoms with Crippen LogP contribution in [0, 0.1) is 5.82 Å². The van der Waals surface area contributed by atoms with Gasteiger partial charge in [-0.15, -0.1) is 0 Å². The van der Waals surface area contributed by atoms with Gasteiger partial charge < -0.3 is 19.7 Å². The van der Waals surface area contributed by atoms with Crippen molar-refractivity contribution in [3.05, 3.63) is 59.9 Å². The van der Waals surface area contributed by atoms with Gasteiger partial charge in [0.25, 0.3) is 0 Å². The van der Waals surface area contributed by atoms with Gasteiger partial charge in [0.05, 0.1) is 31.0 Å². The van der Waals surface area contributed by atoms with Crippen LogP contribution < -0.4 is 15.1 Å². The molecule has 0 aliphatic carbocycles. The van der Waals surface area contributed by atoms with Crippen molar-refractivity contribution >= 4 is 29.5 Å². The number of anilines is 2. The summed E-state index contributed by atoms with van der Waals surface area (Å²) >= 11 is 0. The number of ether oxygens (including phenoxy) is 2. The van der Waals surface area contributed by atoms with E-state index in [0.717, 1.165) is 5.56 Å². The lowest BCUT2D eigenvalue weighted by atomic mass is 10.2. The third-order valence-electron chi connectivity index (χ3n) is 6.14. The molecule has 2 heterocycles. The van der Waals surface area contributed by atoms with Gasteiger partial charge in [0.1, 0.15) is 18.5 Å². The van der Waals surface area contributed by atoms with E-state index in [1.54, 1.807) is 24.2 Å². The second-order valence-electron chi connectivity index (χ2n) is 8.72. The molecule has 2 aromatic rings. The molecule has 0 unspecified atom stereocenters. The lowest BCUT2D eigenvalue weighted by molar-refractivity contribution is -0.119. The minimum Gasteiger partial charge on any atom is -0.444 e. The van der Waals surface area contributed by atoms with Gasteiger partial charge in [0.15, 0.2) is 0 Å². The van der Waals surface area contributed by atoms with Crippen LogP contribution in [0.1, 0.15) is 12.5 Å². The average molecular weight is 500 g/mol. The van der Waals surface area contributed by atoms with Gasteiger partial charge in [-0.1, -0.05) is 30.3 Å². The fraction of sp³-hybridized carbons (Fsp3) is 0.400. The van der Waals surface area contributed by atoms with Gasteiger partial charge in [-0.05, 0) is 23.8 Å². The molecule has 2 aliphatic heterocycles. The highest BCUT2D eigenvalue weighted by atomic mass is 19.1. The van der Waals surface area contributed by atoms with Crippen molar-refractivity contribution in [3.63, 3.8) is 0 Å². The molecule has 2 aliphatic rings. The van der Waals surface area contributed by atoms with E-state index < -0.39 is 24.1 Å². The number of hydrogen-bond acceptors (Lipinski definition) is 7. The number of nitrogens with zero attached hydrogens (tertiary/aromatic N) is 4. The molecular weight excluding hydrogens is 469 g/mol. The highest BCUT2D eigenvalue weighted by Crippen LogP contribution is 2.28. The van der Waals surface area contributed by atoms with Crippen LogP contribution in [0.5, 0.6) is 0 Å². The maximum Gasteiger partial charge on any atom is 0.424 e. The molecule has 0 radical (unpaired) electrons. The van der Waals surface area contributed by atoms with Crippen molar-refractivity contribution < 1.29 is 28.2 Å². The van der Waals surface area contributed by atoms with Crippen molar-refractivity contribution in [2.75, 3.05) is 56.1 Å². The molecule has 192 valence electrons. The highest BCUT2D eigenvalue weighted by molar-refractivity contribution is 5.90. The van der Waals surface area contributed by atoms with E-state index in [4.69, 9.17) is 9.47 Å². The monoisotopic (exact) mass is 499 g/mol. The van der Waals surface area contributed by atoms with Crippen LogP contribution in [0.15, 0.2) is 48.5 Å². The minimum absolute atomic E-state index is 0.175. The second-order valence-corrected chi connectivity index (χ2v) is 8.72. The highest BCUT2D eigenvalue weighted by Gasteiger charge is 2.33. The van der Waals surface area contributed by atoms with Crippen molar-refractivity contribution in [3.8, 4) is 0 Å². The van der Waals surface area contributed by atoms with Gasteiger partial charge in [-0.3, -0.25) is 9.69 Å². The molecule has 2 aromatic carbocycles. The Morgan fingerprint density at radius 2 is 1.86 bits per heavy atom. The normalized spacial score (nSPS) is 18.6. The van der Waals surface area contributed by atoms with E-state index in [1.807, 2.05) is 35.2 Å².